The number of carbonyl (C=O) groups is 1. The maximum Gasteiger partial charge on any atom is 0.217 e. The van der Waals surface area contributed by atoms with E-state index in [0.717, 1.165) is 43.9 Å². The summed E-state index contributed by atoms with van der Waals surface area (Å²) in [7, 11) is 1.72. The third-order valence-corrected chi connectivity index (χ3v) is 5.72. The van der Waals surface area contributed by atoms with Gasteiger partial charge < -0.3 is 10.1 Å². The first-order chi connectivity index (χ1) is 13.5. The number of amides is 1. The van der Waals surface area contributed by atoms with Gasteiger partial charge in [0.1, 0.15) is 5.75 Å². The minimum atomic E-state index is -0.00850. The van der Waals surface area contributed by atoms with Crippen LogP contribution in [0.15, 0.2) is 36.5 Å². The Morgan fingerprint density at radius 1 is 1.25 bits per heavy atom. The summed E-state index contributed by atoms with van der Waals surface area (Å²) in [6.07, 6.45) is 3.90. The highest BCUT2D eigenvalue weighted by molar-refractivity contribution is 5.73. The Hall–Kier alpha value is -2.40. The molecule has 2 heterocycles. The summed E-state index contributed by atoms with van der Waals surface area (Å²) < 4.78 is 5.43. The Kier molecular flexibility index (Phi) is 6.68. The van der Waals surface area contributed by atoms with Gasteiger partial charge in [-0.1, -0.05) is 12.1 Å². The standard InChI is InChI=1S/C23H31N3O2/c1-16-14-22(28-4)17(2)13-20(16)15-26-11-8-19(9-12-26)23(25-18(3)27)21-7-5-6-10-24-21/h5-7,10,13-14,19,23H,8-9,11-12,15H2,1-4H3,(H,25,27). The molecule has 5 nitrogen and oxygen atoms in total. The Morgan fingerprint density at radius 2 is 2.00 bits per heavy atom. The van der Waals surface area contributed by atoms with Crippen LogP contribution < -0.4 is 10.1 Å². The van der Waals surface area contributed by atoms with Crippen molar-refractivity contribution < 1.29 is 9.53 Å². The lowest BCUT2D eigenvalue weighted by Crippen LogP contribution is -2.40. The smallest absolute Gasteiger partial charge is 0.217 e. The largest absolute Gasteiger partial charge is 0.496 e. The number of nitrogens with zero attached hydrogens (tertiary/aromatic N) is 2. The van der Waals surface area contributed by atoms with E-state index in [0.29, 0.717) is 5.92 Å². The van der Waals surface area contributed by atoms with Crippen molar-refractivity contribution in [3.8, 4) is 5.75 Å². The van der Waals surface area contributed by atoms with Gasteiger partial charge >= 0.3 is 0 Å². The first kappa shape index (κ1) is 20.3. The molecule has 0 radical (unpaired) electrons. The number of piperidine rings is 1. The van der Waals surface area contributed by atoms with E-state index in [1.54, 1.807) is 20.2 Å². The van der Waals surface area contributed by atoms with Crippen LogP contribution in [0.3, 0.4) is 0 Å². The Bertz CT molecular complexity index is 799. The second kappa shape index (κ2) is 9.20. The molecule has 150 valence electrons. The molecule has 1 fully saturated rings. The number of nitrogens with one attached hydrogen (secondary N) is 1. The topological polar surface area (TPSA) is 54.5 Å². The zero-order valence-corrected chi connectivity index (χ0v) is 17.4. The monoisotopic (exact) mass is 381 g/mol. The second-order valence-corrected chi connectivity index (χ2v) is 7.79. The molecule has 3 rings (SSSR count). The van der Waals surface area contributed by atoms with E-state index < -0.39 is 0 Å². The van der Waals surface area contributed by atoms with Crippen LogP contribution in [0.25, 0.3) is 0 Å². The Balaban J connectivity index is 1.65. The van der Waals surface area contributed by atoms with Crippen LogP contribution in [0, 0.1) is 19.8 Å². The van der Waals surface area contributed by atoms with E-state index in [1.165, 1.54) is 16.7 Å². The minimum Gasteiger partial charge on any atom is -0.496 e. The minimum absolute atomic E-state index is 0.00224. The first-order valence-corrected chi connectivity index (χ1v) is 10.0. The summed E-state index contributed by atoms with van der Waals surface area (Å²) in [5.41, 5.74) is 4.77. The molecule has 28 heavy (non-hydrogen) atoms. The molecule has 1 aliphatic rings. The molecule has 1 amide bonds. The number of aromatic nitrogens is 1. The van der Waals surface area contributed by atoms with Crippen molar-refractivity contribution in [2.75, 3.05) is 20.2 Å². The summed E-state index contributed by atoms with van der Waals surface area (Å²) in [6.45, 7) is 8.84. The van der Waals surface area contributed by atoms with Crippen LogP contribution in [0.2, 0.25) is 0 Å². The zero-order chi connectivity index (χ0) is 20.1. The average Bonchev–Trinajstić information content (AvgIpc) is 2.70. The summed E-state index contributed by atoms with van der Waals surface area (Å²) in [4.78, 5) is 18.7. The van der Waals surface area contributed by atoms with Gasteiger partial charge in [-0.2, -0.15) is 0 Å². The number of pyridine rings is 1. The lowest BCUT2D eigenvalue weighted by Gasteiger charge is -2.36. The van der Waals surface area contributed by atoms with Crippen LogP contribution in [0.5, 0.6) is 5.75 Å². The van der Waals surface area contributed by atoms with Crippen LogP contribution in [0.4, 0.5) is 0 Å². The van der Waals surface area contributed by atoms with E-state index in [4.69, 9.17) is 4.74 Å². The normalized spacial score (nSPS) is 16.6. The predicted molar refractivity (Wildman–Crippen MR) is 111 cm³/mol. The number of benzene rings is 1. The molecular weight excluding hydrogens is 350 g/mol. The zero-order valence-electron chi connectivity index (χ0n) is 17.4. The van der Waals surface area contributed by atoms with Crippen molar-refractivity contribution in [2.24, 2.45) is 5.92 Å². The van der Waals surface area contributed by atoms with Crippen LogP contribution in [-0.4, -0.2) is 36.0 Å². The van der Waals surface area contributed by atoms with Crippen LogP contribution in [-0.2, 0) is 11.3 Å². The quantitative estimate of drug-likeness (QED) is 0.827. The predicted octanol–water partition coefficient (Wildman–Crippen LogP) is 3.80. The summed E-state index contributed by atoms with van der Waals surface area (Å²) in [6, 6.07) is 10.3. The number of likely N-dealkylation sites (tertiary alicyclic amines) is 1. The maximum atomic E-state index is 11.7. The van der Waals surface area contributed by atoms with Gasteiger partial charge in [0.15, 0.2) is 0 Å². The molecule has 1 N–H and O–H groups in total. The van der Waals surface area contributed by atoms with Gasteiger partial charge in [-0.15, -0.1) is 0 Å². The molecule has 1 saturated heterocycles. The summed E-state index contributed by atoms with van der Waals surface area (Å²) >= 11 is 0. The molecule has 0 aliphatic carbocycles. The van der Waals surface area contributed by atoms with Crippen molar-refractivity contribution in [2.45, 2.75) is 46.2 Å². The van der Waals surface area contributed by atoms with Crippen molar-refractivity contribution >= 4 is 5.91 Å². The van der Waals surface area contributed by atoms with Gasteiger partial charge in [0.05, 0.1) is 18.8 Å². The number of carbonyl (C=O) groups excluding carboxylic acids is 1. The van der Waals surface area contributed by atoms with Crippen molar-refractivity contribution in [3.05, 3.63) is 58.9 Å². The van der Waals surface area contributed by atoms with Gasteiger partial charge in [-0.3, -0.25) is 14.7 Å². The van der Waals surface area contributed by atoms with Gasteiger partial charge in [0.2, 0.25) is 5.91 Å². The summed E-state index contributed by atoms with van der Waals surface area (Å²) in [5, 5.41) is 3.13. The molecule has 1 unspecified atom stereocenters. The molecule has 1 aromatic carbocycles. The number of rotatable bonds is 6. The van der Waals surface area contributed by atoms with Gasteiger partial charge in [-0.25, -0.2) is 0 Å². The molecule has 2 aromatic rings. The fourth-order valence-electron chi connectivity index (χ4n) is 4.14. The first-order valence-electron chi connectivity index (χ1n) is 10.0. The van der Waals surface area contributed by atoms with E-state index >= 15 is 0 Å². The maximum absolute atomic E-state index is 11.7. The van der Waals surface area contributed by atoms with Gasteiger partial charge in [-0.05, 0) is 80.6 Å². The molecule has 1 aromatic heterocycles. The highest BCUT2D eigenvalue weighted by Gasteiger charge is 2.29. The molecule has 1 aliphatic heterocycles. The lowest BCUT2D eigenvalue weighted by molar-refractivity contribution is -0.120. The van der Waals surface area contributed by atoms with Crippen molar-refractivity contribution in [1.82, 2.24) is 15.2 Å². The van der Waals surface area contributed by atoms with Gasteiger partial charge in [0, 0.05) is 19.7 Å². The number of aryl methyl sites for hydroxylation is 2. The molecular formula is C23H31N3O2. The third-order valence-electron chi connectivity index (χ3n) is 5.72. The highest BCUT2D eigenvalue weighted by atomic mass is 16.5. The average molecular weight is 382 g/mol. The molecule has 0 bridgehead atoms. The molecule has 5 heteroatoms. The van der Waals surface area contributed by atoms with Crippen molar-refractivity contribution in [3.63, 3.8) is 0 Å². The van der Waals surface area contributed by atoms with E-state index in [9.17, 15) is 4.79 Å². The fourth-order valence-corrected chi connectivity index (χ4v) is 4.14. The second-order valence-electron chi connectivity index (χ2n) is 7.79. The fraction of sp³-hybridized carbons (Fsp3) is 0.478. The Labute approximate surface area is 168 Å². The highest BCUT2D eigenvalue weighted by Crippen LogP contribution is 2.31. The number of methoxy groups -OCH3 is 1. The van der Waals surface area contributed by atoms with Gasteiger partial charge in [0.25, 0.3) is 0 Å². The molecule has 0 spiro atoms. The van der Waals surface area contributed by atoms with Crippen molar-refractivity contribution in [1.29, 1.82) is 0 Å². The SMILES string of the molecule is COc1cc(C)c(CN2CCC(C(NC(C)=O)c3ccccn3)CC2)cc1C. The van der Waals surface area contributed by atoms with E-state index in [2.05, 4.69) is 41.2 Å². The summed E-state index contributed by atoms with van der Waals surface area (Å²) in [5.74, 6) is 1.37. The third kappa shape index (κ3) is 4.90. The number of hydrogen-bond donors (Lipinski definition) is 1. The molecule has 0 saturated carbocycles. The number of hydrogen-bond acceptors (Lipinski definition) is 4. The van der Waals surface area contributed by atoms with Crippen LogP contribution >= 0.6 is 0 Å². The lowest BCUT2D eigenvalue weighted by atomic mass is 9.87. The molecule has 1 atom stereocenters. The van der Waals surface area contributed by atoms with E-state index in [-0.39, 0.29) is 11.9 Å². The van der Waals surface area contributed by atoms with E-state index in [1.807, 2.05) is 18.2 Å². The Morgan fingerprint density at radius 3 is 2.61 bits per heavy atom. The van der Waals surface area contributed by atoms with Crippen LogP contribution in [0.1, 0.15) is 48.2 Å². The number of ether oxygens (including phenoxy) is 1.